The minimum absolute atomic E-state index is 0.0503. The number of hydrogen-bond donors (Lipinski definition) is 1. The second kappa shape index (κ2) is 8.00. The van der Waals surface area contributed by atoms with E-state index in [1.165, 1.54) is 0 Å². The first-order valence-corrected chi connectivity index (χ1v) is 7.36. The third-order valence-electron chi connectivity index (χ3n) is 3.82. The molecule has 21 heavy (non-hydrogen) atoms. The van der Waals surface area contributed by atoms with Gasteiger partial charge >= 0.3 is 5.97 Å². The molecule has 0 amide bonds. The quantitative estimate of drug-likeness (QED) is 0.831. The molecule has 5 heteroatoms. The van der Waals surface area contributed by atoms with Crippen LogP contribution in [0.25, 0.3) is 0 Å². The van der Waals surface area contributed by atoms with Gasteiger partial charge in [0.05, 0.1) is 12.5 Å². The highest BCUT2D eigenvalue weighted by atomic mass is 16.5. The smallest absolute Gasteiger partial charge is 0.307 e. The predicted molar refractivity (Wildman–Crippen MR) is 79.7 cm³/mol. The van der Waals surface area contributed by atoms with Crippen molar-refractivity contribution >= 4 is 5.97 Å². The summed E-state index contributed by atoms with van der Waals surface area (Å²) >= 11 is 0. The maximum atomic E-state index is 10.6. The van der Waals surface area contributed by atoms with Gasteiger partial charge in [0.1, 0.15) is 12.4 Å². The molecule has 1 aliphatic heterocycles. The van der Waals surface area contributed by atoms with Crippen LogP contribution in [-0.4, -0.2) is 55.4 Å². The first-order valence-electron chi connectivity index (χ1n) is 7.36. The first kappa shape index (κ1) is 15.8. The van der Waals surface area contributed by atoms with Crippen LogP contribution in [0.2, 0.25) is 0 Å². The maximum Gasteiger partial charge on any atom is 0.307 e. The average Bonchev–Trinajstić information content (AvgIpc) is 2.49. The number of hydrogen-bond acceptors (Lipinski definition) is 4. The number of likely N-dealkylation sites (tertiary alicyclic amines) is 1. The van der Waals surface area contributed by atoms with Crippen LogP contribution in [0.1, 0.15) is 18.4 Å². The van der Waals surface area contributed by atoms with E-state index < -0.39 is 5.97 Å². The second-order valence-corrected chi connectivity index (χ2v) is 5.34. The van der Waals surface area contributed by atoms with E-state index in [1.807, 2.05) is 12.1 Å². The van der Waals surface area contributed by atoms with Crippen molar-refractivity contribution in [1.29, 1.82) is 0 Å². The van der Waals surface area contributed by atoms with Crippen LogP contribution in [0, 0.1) is 0 Å². The zero-order chi connectivity index (χ0) is 15.1. The molecule has 0 spiro atoms. The Kier molecular flexibility index (Phi) is 6.02. The number of nitrogens with zero attached hydrogens (tertiary/aromatic N) is 1. The summed E-state index contributed by atoms with van der Waals surface area (Å²) in [5.41, 5.74) is 0.788. The number of benzene rings is 1. The lowest BCUT2D eigenvalue weighted by Gasteiger charge is -2.30. The average molecular weight is 293 g/mol. The largest absolute Gasteiger partial charge is 0.492 e. The van der Waals surface area contributed by atoms with Crippen molar-refractivity contribution in [2.45, 2.75) is 25.4 Å². The first-order chi connectivity index (χ1) is 10.2. The number of piperidine rings is 1. The lowest BCUT2D eigenvalue weighted by Crippen LogP contribution is -2.38. The molecule has 1 aliphatic rings. The molecule has 1 aromatic rings. The summed E-state index contributed by atoms with van der Waals surface area (Å²) in [5.74, 6) is -0.0287. The highest BCUT2D eigenvalue weighted by molar-refractivity contribution is 5.70. The fraction of sp³-hybridized carbons (Fsp3) is 0.562. The van der Waals surface area contributed by atoms with E-state index in [4.69, 9.17) is 14.6 Å². The number of aliphatic carboxylic acids is 1. The zero-order valence-electron chi connectivity index (χ0n) is 12.5. The van der Waals surface area contributed by atoms with E-state index in [2.05, 4.69) is 4.90 Å². The van der Waals surface area contributed by atoms with E-state index in [0.29, 0.717) is 12.7 Å². The van der Waals surface area contributed by atoms with Gasteiger partial charge in [-0.25, -0.2) is 0 Å². The Morgan fingerprint density at radius 3 is 2.52 bits per heavy atom. The summed E-state index contributed by atoms with van der Waals surface area (Å²) in [4.78, 5) is 13.0. The molecule has 1 saturated heterocycles. The monoisotopic (exact) mass is 293 g/mol. The Hall–Kier alpha value is -1.59. The van der Waals surface area contributed by atoms with Crippen molar-refractivity contribution in [1.82, 2.24) is 4.90 Å². The Balaban J connectivity index is 1.68. The number of ether oxygens (including phenoxy) is 2. The van der Waals surface area contributed by atoms with Crippen molar-refractivity contribution in [2.24, 2.45) is 0 Å². The molecule has 1 N–H and O–H groups in total. The van der Waals surface area contributed by atoms with Gasteiger partial charge in [-0.05, 0) is 30.5 Å². The molecule has 0 saturated carbocycles. The fourth-order valence-electron chi connectivity index (χ4n) is 2.54. The van der Waals surface area contributed by atoms with Gasteiger partial charge in [0.15, 0.2) is 0 Å². The third-order valence-corrected chi connectivity index (χ3v) is 3.82. The van der Waals surface area contributed by atoms with E-state index in [0.717, 1.165) is 43.8 Å². The van der Waals surface area contributed by atoms with Crippen LogP contribution in [0.3, 0.4) is 0 Å². The van der Waals surface area contributed by atoms with Crippen LogP contribution in [0.15, 0.2) is 24.3 Å². The number of carboxylic acid groups (broad SMARTS) is 1. The van der Waals surface area contributed by atoms with Crippen LogP contribution in [-0.2, 0) is 16.0 Å². The van der Waals surface area contributed by atoms with Crippen molar-refractivity contribution < 1.29 is 19.4 Å². The molecule has 5 nitrogen and oxygen atoms in total. The standard InChI is InChI=1S/C16H23NO4/c1-20-14-6-8-17(9-7-14)10-11-21-15-4-2-13(3-5-15)12-16(18)19/h2-5,14H,6-12H2,1H3,(H,18,19). The van der Waals surface area contributed by atoms with Gasteiger partial charge in [-0.2, -0.15) is 0 Å². The highest BCUT2D eigenvalue weighted by Gasteiger charge is 2.18. The van der Waals surface area contributed by atoms with E-state index in [-0.39, 0.29) is 6.42 Å². The van der Waals surface area contributed by atoms with Gasteiger partial charge in [-0.3, -0.25) is 9.69 Å². The summed E-state index contributed by atoms with van der Waals surface area (Å²) in [7, 11) is 1.78. The number of rotatable bonds is 7. The summed E-state index contributed by atoms with van der Waals surface area (Å²) in [6.07, 6.45) is 2.62. The topological polar surface area (TPSA) is 59.0 Å². The molecule has 0 bridgehead atoms. The molecule has 0 aromatic heterocycles. The van der Waals surface area contributed by atoms with Gasteiger partial charge in [-0.1, -0.05) is 12.1 Å². The molecule has 2 rings (SSSR count). The summed E-state index contributed by atoms with van der Waals surface area (Å²) < 4.78 is 11.1. The van der Waals surface area contributed by atoms with Crippen LogP contribution >= 0.6 is 0 Å². The van der Waals surface area contributed by atoms with E-state index >= 15 is 0 Å². The Labute approximate surface area is 125 Å². The zero-order valence-corrected chi connectivity index (χ0v) is 12.5. The molecule has 0 radical (unpaired) electrons. The molecule has 1 fully saturated rings. The van der Waals surface area contributed by atoms with E-state index in [9.17, 15) is 4.79 Å². The minimum atomic E-state index is -0.817. The van der Waals surface area contributed by atoms with Crippen molar-refractivity contribution in [3.63, 3.8) is 0 Å². The van der Waals surface area contributed by atoms with Crippen molar-refractivity contribution in [3.8, 4) is 5.75 Å². The van der Waals surface area contributed by atoms with Crippen LogP contribution in [0.4, 0.5) is 0 Å². The predicted octanol–water partition coefficient (Wildman–Crippen LogP) is 1.80. The highest BCUT2D eigenvalue weighted by Crippen LogP contribution is 2.14. The number of carboxylic acids is 1. The van der Waals surface area contributed by atoms with Gasteiger partial charge in [0.2, 0.25) is 0 Å². The normalized spacial score (nSPS) is 16.8. The lowest BCUT2D eigenvalue weighted by atomic mass is 10.1. The molecule has 0 atom stereocenters. The molecule has 0 aliphatic carbocycles. The Morgan fingerprint density at radius 2 is 1.95 bits per heavy atom. The van der Waals surface area contributed by atoms with Crippen molar-refractivity contribution in [3.05, 3.63) is 29.8 Å². The fourth-order valence-corrected chi connectivity index (χ4v) is 2.54. The van der Waals surface area contributed by atoms with Crippen LogP contribution in [0.5, 0.6) is 5.75 Å². The molecular weight excluding hydrogens is 270 g/mol. The van der Waals surface area contributed by atoms with Gasteiger partial charge in [0.25, 0.3) is 0 Å². The summed E-state index contributed by atoms with van der Waals surface area (Å²) in [6, 6.07) is 7.26. The SMILES string of the molecule is COC1CCN(CCOc2ccc(CC(=O)O)cc2)CC1. The lowest BCUT2D eigenvalue weighted by molar-refractivity contribution is -0.136. The maximum absolute atomic E-state index is 10.6. The second-order valence-electron chi connectivity index (χ2n) is 5.34. The van der Waals surface area contributed by atoms with E-state index in [1.54, 1.807) is 19.2 Å². The molecular formula is C16H23NO4. The molecule has 116 valence electrons. The number of methoxy groups -OCH3 is 1. The van der Waals surface area contributed by atoms with Crippen molar-refractivity contribution in [2.75, 3.05) is 33.4 Å². The van der Waals surface area contributed by atoms with Gasteiger partial charge in [0, 0.05) is 26.7 Å². The molecule has 1 aromatic carbocycles. The van der Waals surface area contributed by atoms with Gasteiger partial charge < -0.3 is 14.6 Å². The molecule has 1 heterocycles. The summed E-state index contributed by atoms with van der Waals surface area (Å²) in [6.45, 7) is 3.67. The third kappa shape index (κ3) is 5.36. The Bertz CT molecular complexity index is 438. The molecule has 0 unspecified atom stereocenters. The van der Waals surface area contributed by atoms with Gasteiger partial charge in [-0.15, -0.1) is 0 Å². The Morgan fingerprint density at radius 1 is 1.29 bits per heavy atom. The minimum Gasteiger partial charge on any atom is -0.492 e. The van der Waals surface area contributed by atoms with Crippen LogP contribution < -0.4 is 4.74 Å². The number of carbonyl (C=O) groups is 1. The summed E-state index contributed by atoms with van der Waals surface area (Å²) in [5, 5.41) is 8.71.